The fourth-order valence-corrected chi connectivity index (χ4v) is 1.33. The number of alkyl halides is 3. The molecule has 0 radical (unpaired) electrons. The third-order valence-corrected chi connectivity index (χ3v) is 2.06. The molecule has 0 bridgehead atoms. The van der Waals surface area contributed by atoms with E-state index in [4.69, 9.17) is 15.0 Å². The Balaban J connectivity index is 0.00000324. The van der Waals surface area contributed by atoms with E-state index in [-0.39, 0.29) is 50.4 Å². The Hall–Kier alpha value is -0.900. The van der Waals surface area contributed by atoms with Crippen LogP contribution in [-0.4, -0.2) is 48.0 Å². The van der Waals surface area contributed by atoms with Crippen LogP contribution in [0, 0.1) is 0 Å². The van der Waals surface area contributed by atoms with Crippen molar-refractivity contribution in [3.05, 3.63) is 11.7 Å². The van der Waals surface area contributed by atoms with Crippen LogP contribution in [0.15, 0.2) is 4.52 Å². The molecule has 0 saturated heterocycles. The predicted molar refractivity (Wildman–Crippen MR) is 62.6 cm³/mol. The van der Waals surface area contributed by atoms with Gasteiger partial charge < -0.3 is 15.0 Å². The molecule has 2 N–H and O–H groups in total. The lowest BCUT2D eigenvalue weighted by Gasteiger charge is -2.21. The predicted octanol–water partition coefficient (Wildman–Crippen LogP) is 0.961. The summed E-state index contributed by atoms with van der Waals surface area (Å²) in [5, 5.41) is 3.55. The van der Waals surface area contributed by atoms with E-state index in [0.29, 0.717) is 0 Å². The molecule has 0 aliphatic heterocycles. The summed E-state index contributed by atoms with van der Waals surface area (Å²) < 4.78 is 46.5. The minimum absolute atomic E-state index is 0. The molecule has 1 heterocycles. The highest BCUT2D eigenvalue weighted by atomic mass is 35.5. The second-order valence-electron chi connectivity index (χ2n) is 3.63. The zero-order valence-corrected chi connectivity index (χ0v) is 11.1. The summed E-state index contributed by atoms with van der Waals surface area (Å²) in [7, 11) is 1.42. The first-order valence-electron chi connectivity index (χ1n) is 5.24. The van der Waals surface area contributed by atoms with Gasteiger partial charge in [0.15, 0.2) is 5.82 Å². The molecule has 0 unspecified atom stereocenters. The third-order valence-electron chi connectivity index (χ3n) is 2.06. The monoisotopic (exact) mass is 304 g/mol. The van der Waals surface area contributed by atoms with Crippen molar-refractivity contribution in [2.24, 2.45) is 5.73 Å². The van der Waals surface area contributed by atoms with Crippen molar-refractivity contribution >= 4 is 12.4 Å². The number of hydrogen-bond acceptors (Lipinski definition) is 6. The van der Waals surface area contributed by atoms with Gasteiger partial charge >= 0.3 is 6.18 Å². The summed E-state index contributed by atoms with van der Waals surface area (Å²) in [6.45, 7) is -0.736. The Morgan fingerprint density at radius 3 is 2.58 bits per heavy atom. The summed E-state index contributed by atoms with van der Waals surface area (Å²) >= 11 is 0. The highest BCUT2D eigenvalue weighted by Gasteiger charge is 2.31. The number of rotatable bonds is 7. The topological polar surface area (TPSA) is 77.4 Å². The van der Waals surface area contributed by atoms with Gasteiger partial charge in [-0.2, -0.15) is 18.2 Å². The van der Waals surface area contributed by atoms with Crippen molar-refractivity contribution in [3.8, 4) is 0 Å². The second kappa shape index (κ2) is 8.31. The molecule has 1 rings (SSSR count). The summed E-state index contributed by atoms with van der Waals surface area (Å²) in [4.78, 5) is 4.99. The van der Waals surface area contributed by atoms with Gasteiger partial charge in [-0.15, -0.1) is 12.4 Å². The lowest BCUT2D eigenvalue weighted by Crippen LogP contribution is -2.36. The number of ether oxygens (including phenoxy) is 1. The average Bonchev–Trinajstić information content (AvgIpc) is 2.71. The minimum Gasteiger partial charge on any atom is -0.383 e. The van der Waals surface area contributed by atoms with Gasteiger partial charge in [0, 0.05) is 13.7 Å². The van der Waals surface area contributed by atoms with Crippen LogP contribution >= 0.6 is 12.4 Å². The molecular weight excluding hydrogens is 289 g/mol. The molecule has 0 fully saturated rings. The zero-order chi connectivity index (χ0) is 13.6. The van der Waals surface area contributed by atoms with E-state index in [0.717, 1.165) is 4.90 Å². The van der Waals surface area contributed by atoms with E-state index in [9.17, 15) is 13.2 Å². The smallest absolute Gasteiger partial charge is 0.383 e. The summed E-state index contributed by atoms with van der Waals surface area (Å²) in [5.41, 5.74) is 5.27. The zero-order valence-electron chi connectivity index (χ0n) is 10.3. The van der Waals surface area contributed by atoms with Gasteiger partial charge in [0.25, 0.3) is 0 Å². The number of halogens is 4. The molecule has 0 atom stereocenters. The van der Waals surface area contributed by atoms with Crippen LogP contribution in [0.2, 0.25) is 0 Å². The van der Waals surface area contributed by atoms with Gasteiger partial charge in [0.05, 0.1) is 26.2 Å². The van der Waals surface area contributed by atoms with Gasteiger partial charge in [-0.1, -0.05) is 5.16 Å². The summed E-state index contributed by atoms with van der Waals surface area (Å²) in [6, 6.07) is 0. The highest BCUT2D eigenvalue weighted by molar-refractivity contribution is 5.85. The average molecular weight is 305 g/mol. The molecule has 10 heteroatoms. The fourth-order valence-electron chi connectivity index (χ4n) is 1.33. The molecule has 1 aromatic rings. The van der Waals surface area contributed by atoms with E-state index in [1.54, 1.807) is 0 Å². The van der Waals surface area contributed by atoms with Crippen molar-refractivity contribution in [1.29, 1.82) is 0 Å². The van der Waals surface area contributed by atoms with Gasteiger partial charge in [-0.25, -0.2) is 0 Å². The second-order valence-corrected chi connectivity index (χ2v) is 3.63. The van der Waals surface area contributed by atoms with Crippen molar-refractivity contribution in [2.45, 2.75) is 19.3 Å². The van der Waals surface area contributed by atoms with Crippen LogP contribution < -0.4 is 5.73 Å². The number of methoxy groups -OCH3 is 1. The summed E-state index contributed by atoms with van der Waals surface area (Å²) in [6.07, 6.45) is -4.28. The molecule has 0 aliphatic carbocycles. The van der Waals surface area contributed by atoms with Crippen LogP contribution in [0.3, 0.4) is 0 Å². The number of aromatic nitrogens is 2. The first kappa shape index (κ1) is 18.1. The highest BCUT2D eigenvalue weighted by Crippen LogP contribution is 2.17. The maximum absolute atomic E-state index is 12.3. The van der Waals surface area contributed by atoms with E-state index in [2.05, 4.69) is 10.1 Å². The Bertz CT molecular complexity index is 361. The van der Waals surface area contributed by atoms with E-state index in [1.165, 1.54) is 7.11 Å². The molecule has 1 aromatic heterocycles. The molecule has 6 nitrogen and oxygen atoms in total. The first-order chi connectivity index (χ1) is 8.44. The fraction of sp³-hybridized carbons (Fsp3) is 0.778. The van der Waals surface area contributed by atoms with Crippen molar-refractivity contribution in [1.82, 2.24) is 15.0 Å². The lowest BCUT2D eigenvalue weighted by molar-refractivity contribution is -0.148. The Labute approximate surface area is 114 Å². The number of nitrogens with zero attached hydrogens (tertiary/aromatic N) is 3. The van der Waals surface area contributed by atoms with Crippen molar-refractivity contribution < 1.29 is 22.4 Å². The molecule has 0 spiro atoms. The van der Waals surface area contributed by atoms with Crippen LogP contribution in [0.5, 0.6) is 0 Å². The SMILES string of the molecule is COCCN(Cc1noc(CN)n1)CC(F)(F)F.Cl. The number of nitrogens with two attached hydrogens (primary N) is 1. The van der Waals surface area contributed by atoms with Gasteiger partial charge in [-0.05, 0) is 0 Å². The Morgan fingerprint density at radius 1 is 1.42 bits per heavy atom. The minimum atomic E-state index is -4.28. The molecule has 0 amide bonds. The molecule has 0 saturated carbocycles. The van der Waals surface area contributed by atoms with E-state index < -0.39 is 12.7 Å². The largest absolute Gasteiger partial charge is 0.401 e. The number of hydrogen-bond donors (Lipinski definition) is 1. The Morgan fingerprint density at radius 2 is 2.11 bits per heavy atom. The van der Waals surface area contributed by atoms with E-state index >= 15 is 0 Å². The van der Waals surface area contributed by atoms with Crippen LogP contribution in [0.4, 0.5) is 13.2 Å². The normalized spacial score (nSPS) is 11.7. The lowest BCUT2D eigenvalue weighted by atomic mass is 10.4. The quantitative estimate of drug-likeness (QED) is 0.808. The van der Waals surface area contributed by atoms with Crippen LogP contribution in [0.1, 0.15) is 11.7 Å². The van der Waals surface area contributed by atoms with Gasteiger partial charge in [-0.3, -0.25) is 4.90 Å². The van der Waals surface area contributed by atoms with Crippen molar-refractivity contribution in [3.63, 3.8) is 0 Å². The molecule has 0 aromatic carbocycles. The molecule has 0 aliphatic rings. The third kappa shape index (κ3) is 7.31. The molecule has 19 heavy (non-hydrogen) atoms. The van der Waals surface area contributed by atoms with Gasteiger partial charge in [0.1, 0.15) is 0 Å². The molecular formula is C9H16ClF3N4O2. The Kier molecular flexibility index (Phi) is 7.91. The van der Waals surface area contributed by atoms with Crippen LogP contribution in [0.25, 0.3) is 0 Å². The molecule has 112 valence electrons. The first-order valence-corrected chi connectivity index (χ1v) is 5.24. The van der Waals surface area contributed by atoms with Gasteiger partial charge in [0.2, 0.25) is 5.89 Å². The van der Waals surface area contributed by atoms with Crippen molar-refractivity contribution in [2.75, 3.05) is 26.8 Å². The maximum atomic E-state index is 12.3. The maximum Gasteiger partial charge on any atom is 0.401 e. The van der Waals surface area contributed by atoms with E-state index in [1.807, 2.05) is 0 Å². The van der Waals surface area contributed by atoms with Crippen LogP contribution in [-0.2, 0) is 17.8 Å². The summed E-state index contributed by atoms with van der Waals surface area (Å²) in [5.74, 6) is 0.375. The standard InChI is InChI=1S/C9H15F3N4O2.ClH/c1-17-3-2-16(6-9(10,11)12)5-7-14-8(4-13)18-15-7;/h2-6,13H2,1H3;1H.